The zero-order chi connectivity index (χ0) is 21.8. The molecule has 0 radical (unpaired) electrons. The summed E-state index contributed by atoms with van der Waals surface area (Å²) in [6, 6.07) is 1.35. The first-order valence-electron chi connectivity index (χ1n) is 8.19. The van der Waals surface area contributed by atoms with Gasteiger partial charge in [-0.15, -0.1) is 0 Å². The van der Waals surface area contributed by atoms with E-state index >= 15 is 0 Å². The maximum absolute atomic E-state index is 13.5. The molecule has 0 amide bonds. The number of hydrogen-bond donors (Lipinski definition) is 2. The molecular weight excluding hydrogens is 427 g/mol. The van der Waals surface area contributed by atoms with E-state index in [0.717, 1.165) is 11.0 Å². The molecule has 14 heteroatoms. The smallest absolute Gasteiger partial charge is 0.371 e. The van der Waals surface area contributed by atoms with Crippen molar-refractivity contribution in [3.63, 3.8) is 0 Å². The molecule has 1 aliphatic heterocycles. The van der Waals surface area contributed by atoms with Gasteiger partial charge in [0.15, 0.2) is 0 Å². The third-order valence-electron chi connectivity index (χ3n) is 4.41. The van der Waals surface area contributed by atoms with Gasteiger partial charge in [0.05, 0.1) is 22.7 Å². The van der Waals surface area contributed by atoms with E-state index in [1.165, 1.54) is 0 Å². The summed E-state index contributed by atoms with van der Waals surface area (Å²) in [5, 5.41) is -0.416. The van der Waals surface area contributed by atoms with Crippen molar-refractivity contribution in [3.8, 4) is 0 Å². The number of sulfonamides is 1. The van der Waals surface area contributed by atoms with Crippen molar-refractivity contribution < 1.29 is 30.4 Å². The first kappa shape index (κ1) is 21.1. The Balaban J connectivity index is 2.24. The second-order valence-corrected chi connectivity index (χ2v) is 8.42. The Morgan fingerprint density at radius 1 is 1.14 bits per heavy atom. The number of halogens is 5. The van der Waals surface area contributed by atoms with Crippen LogP contribution in [-0.2, 0) is 16.2 Å². The Morgan fingerprint density at radius 2 is 1.72 bits per heavy atom. The molecule has 2 aromatic rings. The van der Waals surface area contributed by atoms with E-state index in [9.17, 15) is 40.0 Å². The average Bonchev–Trinajstić information content (AvgIpc) is 2.56. The van der Waals surface area contributed by atoms with Crippen LogP contribution in [0.4, 0.5) is 27.6 Å². The molecule has 1 aliphatic rings. The van der Waals surface area contributed by atoms with Crippen molar-refractivity contribution in [2.45, 2.75) is 24.9 Å². The van der Waals surface area contributed by atoms with Gasteiger partial charge in [0, 0.05) is 31.6 Å². The third-order valence-corrected chi connectivity index (χ3v) is 4.93. The standard InChI is InChI=1S/C15H15F5N4O4S/c1-29(27,28)22-24-12(25)8-6-11(23-4-2-14(16,17)3-5-23)9(15(18,19)20)7-10(8)21-13(24)26/h6-7,22H,2-5H2,1H3,(H,21,26). The van der Waals surface area contributed by atoms with E-state index in [-0.39, 0.29) is 17.8 Å². The van der Waals surface area contributed by atoms with Crippen LogP contribution in [0.25, 0.3) is 10.9 Å². The summed E-state index contributed by atoms with van der Waals surface area (Å²) >= 11 is 0. The van der Waals surface area contributed by atoms with Crippen LogP contribution in [0.1, 0.15) is 18.4 Å². The second kappa shape index (κ2) is 6.71. The van der Waals surface area contributed by atoms with Crippen LogP contribution >= 0.6 is 0 Å². The van der Waals surface area contributed by atoms with E-state index in [4.69, 9.17) is 0 Å². The Hall–Kier alpha value is -2.64. The largest absolute Gasteiger partial charge is 0.418 e. The highest BCUT2D eigenvalue weighted by Crippen LogP contribution is 2.40. The molecule has 0 aliphatic carbocycles. The molecule has 2 N–H and O–H groups in total. The molecule has 29 heavy (non-hydrogen) atoms. The lowest BCUT2D eigenvalue weighted by atomic mass is 10.0. The normalized spacial score (nSPS) is 17.5. The van der Waals surface area contributed by atoms with Crippen molar-refractivity contribution in [1.29, 1.82) is 0 Å². The van der Waals surface area contributed by atoms with Gasteiger partial charge in [-0.2, -0.15) is 17.8 Å². The van der Waals surface area contributed by atoms with Crippen LogP contribution < -0.4 is 21.0 Å². The van der Waals surface area contributed by atoms with Gasteiger partial charge in [-0.3, -0.25) is 4.79 Å². The van der Waals surface area contributed by atoms with Crippen LogP contribution in [0.15, 0.2) is 21.7 Å². The first-order chi connectivity index (χ1) is 13.2. The fourth-order valence-corrected chi connectivity index (χ4v) is 3.56. The molecule has 0 spiro atoms. The maximum atomic E-state index is 13.5. The number of aromatic nitrogens is 2. The molecule has 0 atom stereocenters. The number of nitrogens with one attached hydrogen (secondary N) is 2. The highest BCUT2D eigenvalue weighted by atomic mass is 32.2. The summed E-state index contributed by atoms with van der Waals surface area (Å²) in [5.74, 6) is -3.00. The third kappa shape index (κ3) is 4.36. The van der Waals surface area contributed by atoms with Crippen LogP contribution in [0.2, 0.25) is 0 Å². The van der Waals surface area contributed by atoms with Gasteiger partial charge in [-0.25, -0.2) is 26.8 Å². The molecule has 0 saturated carbocycles. The number of piperidine rings is 1. The summed E-state index contributed by atoms with van der Waals surface area (Å²) in [4.78, 5) is 29.2. The summed E-state index contributed by atoms with van der Waals surface area (Å²) in [5.41, 5.74) is -4.67. The number of nitrogens with zero attached hydrogens (tertiary/aromatic N) is 2. The number of benzene rings is 1. The summed E-state index contributed by atoms with van der Waals surface area (Å²) in [6.07, 6.45) is -5.53. The number of rotatable bonds is 3. The van der Waals surface area contributed by atoms with Gasteiger partial charge < -0.3 is 9.88 Å². The molecule has 1 aromatic heterocycles. The Labute approximate surface area is 160 Å². The number of H-pyrrole nitrogens is 1. The van der Waals surface area contributed by atoms with E-state index in [0.29, 0.717) is 12.3 Å². The van der Waals surface area contributed by atoms with E-state index in [1.54, 1.807) is 4.83 Å². The van der Waals surface area contributed by atoms with Crippen molar-refractivity contribution in [2.75, 3.05) is 29.1 Å². The number of anilines is 1. The summed E-state index contributed by atoms with van der Waals surface area (Å²) < 4.78 is 90.2. The van der Waals surface area contributed by atoms with Crippen molar-refractivity contribution in [1.82, 2.24) is 9.66 Å². The first-order valence-corrected chi connectivity index (χ1v) is 10.1. The Bertz CT molecular complexity index is 1180. The molecule has 3 rings (SSSR count). The SMILES string of the molecule is CS(=O)(=O)Nn1c(=O)[nH]c2cc(C(F)(F)F)c(N3CCC(F)(F)CC3)cc2c1=O. The summed E-state index contributed by atoms with van der Waals surface area (Å²) in [7, 11) is -4.05. The predicted molar refractivity (Wildman–Crippen MR) is 94.4 cm³/mol. The van der Waals surface area contributed by atoms with E-state index in [1.807, 2.05) is 4.98 Å². The lowest BCUT2D eigenvalue weighted by Crippen LogP contribution is -2.43. The van der Waals surface area contributed by atoms with E-state index < -0.39 is 68.4 Å². The molecule has 2 heterocycles. The highest BCUT2D eigenvalue weighted by molar-refractivity contribution is 7.91. The zero-order valence-electron chi connectivity index (χ0n) is 14.8. The molecule has 160 valence electrons. The van der Waals surface area contributed by atoms with Gasteiger partial charge in [0.2, 0.25) is 10.0 Å². The van der Waals surface area contributed by atoms with Crippen LogP contribution in [-0.4, -0.2) is 43.3 Å². The van der Waals surface area contributed by atoms with Crippen LogP contribution in [0.5, 0.6) is 0 Å². The number of fused-ring (bicyclic) bond motifs is 1. The van der Waals surface area contributed by atoms with Gasteiger partial charge in [-0.1, -0.05) is 0 Å². The Morgan fingerprint density at radius 3 is 2.24 bits per heavy atom. The minimum atomic E-state index is -4.89. The molecule has 0 unspecified atom stereocenters. The molecular formula is C15H15F5N4O4S. The topological polar surface area (TPSA) is 104 Å². The number of hydrogen-bond acceptors (Lipinski definition) is 5. The number of alkyl halides is 5. The minimum Gasteiger partial charge on any atom is -0.371 e. The van der Waals surface area contributed by atoms with Gasteiger partial charge in [0.1, 0.15) is 0 Å². The molecule has 1 aromatic carbocycles. The zero-order valence-corrected chi connectivity index (χ0v) is 15.6. The fraction of sp³-hybridized carbons (Fsp3) is 0.467. The maximum Gasteiger partial charge on any atom is 0.418 e. The van der Waals surface area contributed by atoms with Gasteiger partial charge in [-0.05, 0) is 12.1 Å². The lowest BCUT2D eigenvalue weighted by molar-refractivity contribution is -0.137. The molecule has 8 nitrogen and oxygen atoms in total. The van der Waals surface area contributed by atoms with Gasteiger partial charge in [0.25, 0.3) is 11.5 Å². The second-order valence-electron chi connectivity index (χ2n) is 6.69. The monoisotopic (exact) mass is 442 g/mol. The molecule has 1 fully saturated rings. The quantitative estimate of drug-likeness (QED) is 0.701. The summed E-state index contributed by atoms with van der Waals surface area (Å²) in [6.45, 7) is -0.749. The highest BCUT2D eigenvalue weighted by Gasteiger charge is 2.39. The predicted octanol–water partition coefficient (Wildman–Crippen LogP) is 1.45. The number of aromatic amines is 1. The molecule has 0 bridgehead atoms. The Kier molecular flexibility index (Phi) is 4.88. The van der Waals surface area contributed by atoms with Crippen molar-refractivity contribution in [2.24, 2.45) is 0 Å². The van der Waals surface area contributed by atoms with E-state index in [2.05, 4.69) is 0 Å². The lowest BCUT2D eigenvalue weighted by Gasteiger charge is -2.35. The van der Waals surface area contributed by atoms with Gasteiger partial charge >= 0.3 is 11.9 Å². The fourth-order valence-electron chi connectivity index (χ4n) is 3.06. The van der Waals surface area contributed by atoms with Crippen LogP contribution in [0.3, 0.4) is 0 Å². The molecule has 1 saturated heterocycles. The van der Waals surface area contributed by atoms with Crippen LogP contribution in [0, 0.1) is 0 Å². The average molecular weight is 442 g/mol. The minimum absolute atomic E-state index is 0.110. The van der Waals surface area contributed by atoms with Crippen molar-refractivity contribution in [3.05, 3.63) is 38.5 Å². The van der Waals surface area contributed by atoms with Crippen molar-refractivity contribution >= 4 is 26.6 Å².